The summed E-state index contributed by atoms with van der Waals surface area (Å²) in [6, 6.07) is 11.8. The third-order valence-electron chi connectivity index (χ3n) is 4.27. The van der Waals surface area contributed by atoms with Crippen LogP contribution in [0.2, 0.25) is 0 Å². The van der Waals surface area contributed by atoms with E-state index < -0.39 is 0 Å². The fourth-order valence-electron chi connectivity index (χ4n) is 2.65. The fourth-order valence-corrected chi connectivity index (χ4v) is 3.61. The third kappa shape index (κ3) is 4.43. The number of carbonyl (C=O) groups is 2. The highest BCUT2D eigenvalue weighted by molar-refractivity contribution is 8.15. The zero-order chi connectivity index (χ0) is 18.5. The summed E-state index contributed by atoms with van der Waals surface area (Å²) >= 11 is 1.03. The van der Waals surface area contributed by atoms with Crippen LogP contribution in [-0.2, 0) is 24.1 Å². The molecule has 6 heteroatoms. The van der Waals surface area contributed by atoms with Gasteiger partial charge in [-0.15, -0.1) is 0 Å². The van der Waals surface area contributed by atoms with Crippen LogP contribution in [0.1, 0.15) is 23.7 Å². The Labute approximate surface area is 157 Å². The second kappa shape index (κ2) is 8.36. The van der Waals surface area contributed by atoms with Crippen molar-refractivity contribution in [1.82, 2.24) is 9.88 Å². The monoisotopic (exact) mass is 369 g/mol. The highest BCUT2D eigenvalue weighted by atomic mass is 32.2. The molecule has 1 aliphatic rings. The van der Waals surface area contributed by atoms with Crippen LogP contribution >= 0.6 is 11.8 Å². The number of aromatic nitrogens is 1. The van der Waals surface area contributed by atoms with Gasteiger partial charge in [-0.2, -0.15) is 0 Å². The molecule has 0 saturated carbocycles. The van der Waals surface area contributed by atoms with E-state index in [1.54, 1.807) is 0 Å². The zero-order valence-electron chi connectivity index (χ0n) is 14.7. The van der Waals surface area contributed by atoms with Crippen molar-refractivity contribution in [2.24, 2.45) is 0 Å². The number of benzene rings is 1. The number of hydrogen-bond donors (Lipinski definition) is 0. The highest BCUT2D eigenvalue weighted by Crippen LogP contribution is 2.29. The predicted octanol–water partition coefficient (Wildman–Crippen LogP) is 3.66. The molecule has 2 heterocycles. The lowest BCUT2D eigenvalue weighted by atomic mass is 10.1. The van der Waals surface area contributed by atoms with Gasteiger partial charge < -0.3 is 4.74 Å². The number of imide groups is 1. The van der Waals surface area contributed by atoms with Crippen molar-refractivity contribution in [3.8, 4) is 5.75 Å². The van der Waals surface area contributed by atoms with Crippen LogP contribution in [0.25, 0.3) is 0 Å². The molecule has 3 rings (SSSR count). The van der Waals surface area contributed by atoms with Gasteiger partial charge in [0.2, 0.25) is 5.91 Å². The minimum absolute atomic E-state index is 0.234. The topological polar surface area (TPSA) is 59.5 Å². The number of aryl methyl sites for hydroxylation is 1. The quantitative estimate of drug-likeness (QED) is 0.745. The van der Waals surface area contributed by atoms with Gasteiger partial charge in [-0.1, -0.05) is 36.9 Å². The molecule has 2 aromatic rings. The zero-order valence-corrected chi connectivity index (χ0v) is 15.5. The van der Waals surface area contributed by atoms with Gasteiger partial charge in [0.25, 0.3) is 5.24 Å². The van der Waals surface area contributed by atoms with Gasteiger partial charge in [0.1, 0.15) is 5.75 Å². The summed E-state index contributed by atoms with van der Waals surface area (Å²) < 4.78 is 5.76. The normalized spacial score (nSPS) is 17.0. The van der Waals surface area contributed by atoms with Gasteiger partial charge >= 0.3 is 0 Å². The molecule has 0 spiro atoms. The van der Waals surface area contributed by atoms with Gasteiger partial charge in [0.15, 0.2) is 0 Å². The van der Waals surface area contributed by atoms with Crippen LogP contribution in [0.5, 0.6) is 5.75 Å². The van der Waals surface area contributed by atoms with Crippen LogP contribution < -0.4 is 4.74 Å². The van der Waals surface area contributed by atoms with E-state index in [1.165, 1.54) is 5.56 Å². The Bertz CT molecular complexity index is 775. The number of nitrogens with zero attached hydrogens (tertiary/aromatic N) is 2. The summed E-state index contributed by atoms with van der Waals surface area (Å²) in [7, 11) is 3.46. The Morgan fingerprint density at radius 2 is 1.88 bits per heavy atom. The van der Waals surface area contributed by atoms with E-state index in [1.807, 2.05) is 36.5 Å². The Kier molecular flexibility index (Phi) is 5.93. The van der Waals surface area contributed by atoms with Gasteiger partial charge in [-0.05, 0) is 42.2 Å². The molecule has 1 aliphatic heterocycles. The first-order chi connectivity index (χ1) is 12.6. The van der Waals surface area contributed by atoms with Crippen LogP contribution in [-0.4, -0.2) is 32.9 Å². The smallest absolute Gasteiger partial charge is 0.289 e. The first-order valence-corrected chi connectivity index (χ1v) is 9.45. The first-order valence-electron chi connectivity index (χ1n) is 8.57. The second-order valence-corrected chi connectivity index (χ2v) is 7.25. The second-order valence-electron chi connectivity index (χ2n) is 6.10. The average Bonchev–Trinajstić information content (AvgIpc) is 2.90. The maximum atomic E-state index is 11.9. The Hall–Kier alpha value is -2.34. The molecule has 1 radical (unpaired) electrons. The predicted molar refractivity (Wildman–Crippen MR) is 102 cm³/mol. The molecular formula is C20H21N2O3S. The van der Waals surface area contributed by atoms with Crippen LogP contribution in [0.3, 0.4) is 0 Å². The maximum Gasteiger partial charge on any atom is 0.289 e. The lowest BCUT2D eigenvalue weighted by molar-refractivity contribution is -0.124. The van der Waals surface area contributed by atoms with Crippen molar-refractivity contribution < 1.29 is 14.3 Å². The number of ether oxygens (including phenoxy) is 1. The van der Waals surface area contributed by atoms with E-state index in [9.17, 15) is 9.59 Å². The minimum Gasteiger partial charge on any atom is -0.493 e. The lowest BCUT2D eigenvalue weighted by Crippen LogP contribution is -2.26. The van der Waals surface area contributed by atoms with E-state index in [2.05, 4.69) is 25.0 Å². The number of thioether (sulfide) groups is 1. The highest BCUT2D eigenvalue weighted by Gasteiger charge is 2.36. The minimum atomic E-state index is -0.385. The molecule has 2 amide bonds. The SMILES string of the molecule is [CH2]N1C(=O)SC(Cc2ccc(OCCc3ccc(CC)cn3)cc2)C1=O. The molecule has 1 aromatic heterocycles. The summed E-state index contributed by atoms with van der Waals surface area (Å²) in [5, 5.41) is -0.676. The first kappa shape index (κ1) is 18.5. The molecule has 5 nitrogen and oxygen atoms in total. The summed E-state index contributed by atoms with van der Waals surface area (Å²) in [5.41, 5.74) is 3.23. The van der Waals surface area contributed by atoms with Crippen molar-refractivity contribution in [3.63, 3.8) is 0 Å². The molecular weight excluding hydrogens is 348 g/mol. The van der Waals surface area contributed by atoms with Gasteiger partial charge in [0.05, 0.1) is 11.9 Å². The maximum absolute atomic E-state index is 11.9. The Morgan fingerprint density at radius 1 is 1.15 bits per heavy atom. The summed E-state index contributed by atoms with van der Waals surface area (Å²) in [6.45, 7) is 2.66. The van der Waals surface area contributed by atoms with E-state index in [0.717, 1.165) is 46.5 Å². The molecule has 1 aromatic carbocycles. The van der Waals surface area contributed by atoms with E-state index >= 15 is 0 Å². The molecule has 0 aliphatic carbocycles. The molecule has 1 unspecified atom stereocenters. The number of hydrogen-bond acceptors (Lipinski definition) is 5. The van der Waals surface area contributed by atoms with Gasteiger partial charge in [-0.25, -0.2) is 0 Å². The van der Waals surface area contributed by atoms with Crippen molar-refractivity contribution in [3.05, 3.63) is 66.5 Å². The third-order valence-corrected chi connectivity index (χ3v) is 5.35. The van der Waals surface area contributed by atoms with Crippen LogP contribution in [0.15, 0.2) is 42.6 Å². The number of carbonyl (C=O) groups excluding carboxylic acids is 2. The lowest BCUT2D eigenvalue weighted by Gasteiger charge is -2.09. The van der Waals surface area contributed by atoms with Crippen molar-refractivity contribution in [2.75, 3.05) is 6.61 Å². The average molecular weight is 369 g/mol. The van der Waals surface area contributed by atoms with Gasteiger partial charge in [-0.3, -0.25) is 19.5 Å². The largest absolute Gasteiger partial charge is 0.493 e. The van der Waals surface area contributed by atoms with E-state index in [-0.39, 0.29) is 16.4 Å². The molecule has 26 heavy (non-hydrogen) atoms. The molecule has 1 saturated heterocycles. The molecule has 135 valence electrons. The number of rotatable bonds is 7. The van der Waals surface area contributed by atoms with Crippen LogP contribution in [0.4, 0.5) is 4.79 Å². The standard InChI is InChI=1S/C20H21N2O3S/c1-3-14-4-7-16(21-13-14)10-11-25-17-8-5-15(6-9-17)12-18-19(23)22(2)20(24)26-18/h4-9,13,18H,2-3,10-12H2,1H3. The molecule has 1 atom stereocenters. The summed E-state index contributed by atoms with van der Waals surface area (Å²) in [6.07, 6.45) is 4.15. The van der Waals surface area contributed by atoms with Crippen LogP contribution in [0, 0.1) is 7.05 Å². The van der Waals surface area contributed by atoms with Gasteiger partial charge in [0, 0.05) is 25.4 Å². The van der Waals surface area contributed by atoms with E-state index in [0.29, 0.717) is 13.0 Å². The van der Waals surface area contributed by atoms with Crippen molar-refractivity contribution >= 4 is 22.9 Å². The molecule has 1 fully saturated rings. The van der Waals surface area contributed by atoms with E-state index in [4.69, 9.17) is 4.74 Å². The fraction of sp³-hybridized carbons (Fsp3) is 0.300. The Balaban J connectivity index is 1.48. The number of amides is 2. The molecule has 0 N–H and O–H groups in total. The number of pyridine rings is 1. The van der Waals surface area contributed by atoms with Crippen molar-refractivity contribution in [1.29, 1.82) is 0 Å². The summed E-state index contributed by atoms with van der Waals surface area (Å²) in [5.74, 6) is 0.543. The van der Waals surface area contributed by atoms with Crippen molar-refractivity contribution in [2.45, 2.75) is 31.4 Å². The summed E-state index contributed by atoms with van der Waals surface area (Å²) in [4.78, 5) is 28.7. The molecule has 0 bridgehead atoms. The Morgan fingerprint density at radius 3 is 2.46 bits per heavy atom.